The van der Waals surface area contributed by atoms with E-state index in [2.05, 4.69) is 28.6 Å². The standard InChI is InChI=1S/C10H17N3O6S.C7H14N2O3/c11-5(10(18)19)1-2-7(14)13-6(4-20)9(17)12-3-8(15)16;1-2-9-5(7(11)12)3-4-6(8)10/h5-6,20H,1-4,11H2,(H,12,17)(H,13,14)(H,15,16)(H,18,19);5,9H,2-4H2,1H3,(H2,8,10)(H,11,12)/t5-,6-;/m0./s1. The van der Waals surface area contributed by atoms with Crippen molar-refractivity contribution in [1.29, 1.82) is 0 Å². The van der Waals surface area contributed by atoms with Crippen LogP contribution in [0.15, 0.2) is 0 Å². The van der Waals surface area contributed by atoms with E-state index in [0.717, 1.165) is 0 Å². The number of likely N-dealkylation sites (N-methyl/N-ethyl adjacent to an activating group) is 1. The van der Waals surface area contributed by atoms with Gasteiger partial charge in [-0.15, -0.1) is 0 Å². The lowest BCUT2D eigenvalue weighted by atomic mass is 10.1. The maximum absolute atomic E-state index is 11.5. The van der Waals surface area contributed by atoms with Crippen LogP contribution in [0.5, 0.6) is 0 Å². The summed E-state index contributed by atoms with van der Waals surface area (Å²) in [5.41, 5.74) is 10.1. The van der Waals surface area contributed by atoms with E-state index in [-0.39, 0.29) is 31.4 Å². The number of thiol groups is 1. The molecule has 32 heavy (non-hydrogen) atoms. The van der Waals surface area contributed by atoms with Crippen LogP contribution in [0, 0.1) is 0 Å². The molecule has 184 valence electrons. The number of carboxylic acids is 3. The first-order valence-corrected chi connectivity index (χ1v) is 10.1. The molecule has 10 N–H and O–H groups in total. The van der Waals surface area contributed by atoms with Gasteiger partial charge in [0.15, 0.2) is 0 Å². The number of primary amides is 1. The van der Waals surface area contributed by atoms with E-state index in [1.807, 2.05) is 0 Å². The number of nitrogens with one attached hydrogen (secondary N) is 3. The lowest BCUT2D eigenvalue weighted by molar-refractivity contribution is -0.140. The highest BCUT2D eigenvalue weighted by molar-refractivity contribution is 7.80. The van der Waals surface area contributed by atoms with Crippen LogP contribution in [-0.4, -0.2) is 87.9 Å². The molecule has 15 heteroatoms. The molecule has 0 heterocycles. The molecule has 0 aliphatic carbocycles. The van der Waals surface area contributed by atoms with Crippen LogP contribution in [0.25, 0.3) is 0 Å². The topological polar surface area (TPSA) is 251 Å². The Hall–Kier alpha value is -2.91. The van der Waals surface area contributed by atoms with E-state index in [1.165, 1.54) is 0 Å². The van der Waals surface area contributed by atoms with Crippen molar-refractivity contribution < 1.29 is 44.1 Å². The van der Waals surface area contributed by atoms with Crippen molar-refractivity contribution in [2.75, 3.05) is 18.8 Å². The molecular formula is C17H31N5O9S. The zero-order chi connectivity index (χ0) is 25.3. The molecule has 0 rings (SSSR count). The van der Waals surface area contributed by atoms with Crippen LogP contribution >= 0.6 is 12.6 Å². The van der Waals surface area contributed by atoms with Crippen LogP contribution < -0.4 is 27.4 Å². The van der Waals surface area contributed by atoms with Crippen molar-refractivity contribution >= 4 is 48.3 Å². The largest absolute Gasteiger partial charge is 0.480 e. The Kier molecular flexibility index (Phi) is 17.3. The van der Waals surface area contributed by atoms with Crippen LogP contribution in [0.3, 0.4) is 0 Å². The fourth-order valence-electron chi connectivity index (χ4n) is 2.00. The van der Waals surface area contributed by atoms with Gasteiger partial charge in [0, 0.05) is 18.6 Å². The van der Waals surface area contributed by atoms with Gasteiger partial charge in [-0.3, -0.25) is 28.8 Å². The predicted molar refractivity (Wildman–Crippen MR) is 115 cm³/mol. The quantitative estimate of drug-likeness (QED) is 0.107. The lowest BCUT2D eigenvalue weighted by Crippen LogP contribution is -2.49. The third-order valence-electron chi connectivity index (χ3n) is 3.68. The molecule has 0 saturated heterocycles. The lowest BCUT2D eigenvalue weighted by Gasteiger charge is -2.16. The van der Waals surface area contributed by atoms with Crippen molar-refractivity contribution in [2.24, 2.45) is 11.5 Å². The van der Waals surface area contributed by atoms with Gasteiger partial charge in [0.2, 0.25) is 17.7 Å². The number of amides is 3. The van der Waals surface area contributed by atoms with Crippen molar-refractivity contribution in [3.8, 4) is 0 Å². The number of nitrogens with two attached hydrogens (primary N) is 2. The van der Waals surface area contributed by atoms with Gasteiger partial charge in [-0.05, 0) is 19.4 Å². The molecule has 0 spiro atoms. The molecule has 0 aromatic heterocycles. The highest BCUT2D eigenvalue weighted by Gasteiger charge is 2.21. The number of hydrogen-bond donors (Lipinski definition) is 9. The Balaban J connectivity index is 0. The molecule has 3 amide bonds. The fourth-order valence-corrected chi connectivity index (χ4v) is 2.26. The third kappa shape index (κ3) is 16.8. The van der Waals surface area contributed by atoms with Crippen LogP contribution in [0.1, 0.15) is 32.6 Å². The summed E-state index contributed by atoms with van der Waals surface area (Å²) in [4.78, 5) is 64.6. The van der Waals surface area contributed by atoms with E-state index in [4.69, 9.17) is 26.8 Å². The number of hydrogen-bond acceptors (Lipinski definition) is 9. The summed E-state index contributed by atoms with van der Waals surface area (Å²) < 4.78 is 0. The van der Waals surface area contributed by atoms with Gasteiger partial charge >= 0.3 is 17.9 Å². The van der Waals surface area contributed by atoms with Crippen molar-refractivity contribution in [1.82, 2.24) is 16.0 Å². The van der Waals surface area contributed by atoms with Gasteiger partial charge in [-0.25, -0.2) is 0 Å². The first-order valence-electron chi connectivity index (χ1n) is 9.48. The average molecular weight is 482 g/mol. The summed E-state index contributed by atoms with van der Waals surface area (Å²) >= 11 is 3.87. The first-order chi connectivity index (χ1) is 14.8. The Morgan fingerprint density at radius 2 is 1.53 bits per heavy atom. The highest BCUT2D eigenvalue weighted by Crippen LogP contribution is 1.98. The Labute approximate surface area is 189 Å². The normalized spacial score (nSPS) is 12.8. The second kappa shape index (κ2) is 17.7. The number of aliphatic carboxylic acids is 3. The Bertz CT molecular complexity index is 662. The van der Waals surface area contributed by atoms with Gasteiger partial charge in [-0.2, -0.15) is 12.6 Å². The maximum atomic E-state index is 11.5. The number of carbonyl (C=O) groups excluding carboxylic acids is 3. The number of rotatable bonds is 15. The van der Waals surface area contributed by atoms with Gasteiger partial charge in [0.05, 0.1) is 0 Å². The van der Waals surface area contributed by atoms with Gasteiger partial charge < -0.3 is 42.7 Å². The summed E-state index contributed by atoms with van der Waals surface area (Å²) in [6.45, 7) is 1.80. The van der Waals surface area contributed by atoms with Crippen LogP contribution in [-0.2, 0) is 28.8 Å². The van der Waals surface area contributed by atoms with E-state index in [0.29, 0.717) is 6.54 Å². The van der Waals surface area contributed by atoms with Crippen molar-refractivity contribution in [3.05, 3.63) is 0 Å². The molecule has 0 radical (unpaired) electrons. The third-order valence-corrected chi connectivity index (χ3v) is 4.04. The Morgan fingerprint density at radius 1 is 0.938 bits per heavy atom. The van der Waals surface area contributed by atoms with Crippen LogP contribution in [0.4, 0.5) is 0 Å². The second-order valence-corrected chi connectivity index (χ2v) is 6.72. The predicted octanol–water partition coefficient (Wildman–Crippen LogP) is -2.89. The SMILES string of the molecule is CCNC(CCC(N)=O)C(=O)O.N[C@@H](CCC(=O)N[C@@H](CS)C(=O)NCC(=O)O)C(=O)O. The molecule has 0 aliphatic heterocycles. The molecular weight excluding hydrogens is 450 g/mol. The average Bonchev–Trinajstić information content (AvgIpc) is 2.71. The summed E-state index contributed by atoms with van der Waals surface area (Å²) in [6, 6.07) is -2.82. The summed E-state index contributed by atoms with van der Waals surface area (Å²) in [5, 5.41) is 32.7. The van der Waals surface area contributed by atoms with Crippen LogP contribution in [0.2, 0.25) is 0 Å². The molecule has 0 aromatic carbocycles. The van der Waals surface area contributed by atoms with Gasteiger partial charge in [0.25, 0.3) is 0 Å². The first kappa shape index (κ1) is 31.3. The number of carbonyl (C=O) groups is 6. The minimum atomic E-state index is -1.22. The molecule has 3 atom stereocenters. The minimum absolute atomic E-state index is 0.0256. The molecule has 0 saturated carbocycles. The highest BCUT2D eigenvalue weighted by atomic mass is 32.1. The maximum Gasteiger partial charge on any atom is 0.322 e. The molecule has 14 nitrogen and oxygen atoms in total. The molecule has 0 aliphatic rings. The monoisotopic (exact) mass is 481 g/mol. The van der Waals surface area contributed by atoms with E-state index < -0.39 is 60.3 Å². The van der Waals surface area contributed by atoms with Gasteiger partial charge in [0.1, 0.15) is 24.7 Å². The van der Waals surface area contributed by atoms with E-state index in [1.54, 1.807) is 6.92 Å². The minimum Gasteiger partial charge on any atom is -0.480 e. The zero-order valence-corrected chi connectivity index (χ0v) is 18.5. The van der Waals surface area contributed by atoms with Gasteiger partial charge in [-0.1, -0.05) is 6.92 Å². The fraction of sp³-hybridized carbons (Fsp3) is 0.647. The molecule has 0 fully saturated rings. The molecule has 0 aromatic rings. The smallest absolute Gasteiger partial charge is 0.322 e. The van der Waals surface area contributed by atoms with Crippen molar-refractivity contribution in [2.45, 2.75) is 50.7 Å². The van der Waals surface area contributed by atoms with E-state index >= 15 is 0 Å². The summed E-state index contributed by atoms with van der Waals surface area (Å²) in [6.07, 6.45) is 0.115. The molecule has 1 unspecified atom stereocenters. The summed E-state index contributed by atoms with van der Waals surface area (Å²) in [5.74, 6) is -5.12. The second-order valence-electron chi connectivity index (χ2n) is 6.35. The van der Waals surface area contributed by atoms with Crippen molar-refractivity contribution in [3.63, 3.8) is 0 Å². The van der Waals surface area contributed by atoms with E-state index in [9.17, 15) is 28.8 Å². The molecule has 0 bridgehead atoms. The number of carboxylic acid groups (broad SMARTS) is 3. The Morgan fingerprint density at radius 3 is 1.94 bits per heavy atom. The zero-order valence-electron chi connectivity index (χ0n) is 17.6. The summed E-state index contributed by atoms with van der Waals surface area (Å²) in [7, 11) is 0.